The smallest absolute Gasteiger partial charge is 0.336 e. The van der Waals surface area contributed by atoms with Gasteiger partial charge in [-0.3, -0.25) is 0 Å². The zero-order chi connectivity index (χ0) is 27.9. The van der Waals surface area contributed by atoms with Gasteiger partial charge in [-0.2, -0.15) is 0 Å². The average molecular weight is 535 g/mol. The first-order valence-electron chi connectivity index (χ1n) is 13.0. The molecule has 0 aliphatic carbocycles. The summed E-state index contributed by atoms with van der Waals surface area (Å²) in [6.45, 7) is 2.75. The van der Waals surface area contributed by atoms with Gasteiger partial charge >= 0.3 is 5.97 Å². The molecule has 0 atom stereocenters. The van der Waals surface area contributed by atoms with E-state index < -0.39 is 5.97 Å². The fraction of sp³-hybridized carbons (Fsp3) is 0.152. The van der Waals surface area contributed by atoms with Crippen molar-refractivity contribution in [2.24, 2.45) is 0 Å². The number of hydrogen-bond acceptors (Lipinski definition) is 6. The molecule has 0 saturated carbocycles. The predicted octanol–water partition coefficient (Wildman–Crippen LogP) is 7.32. The maximum Gasteiger partial charge on any atom is 0.336 e. The number of oxazole rings is 1. The fourth-order valence-corrected chi connectivity index (χ4v) is 4.48. The minimum atomic E-state index is -0.952. The van der Waals surface area contributed by atoms with Gasteiger partial charge in [0.25, 0.3) is 0 Å². The topological polar surface area (TPSA) is 85.0 Å². The third-order valence-electron chi connectivity index (χ3n) is 6.63. The Bertz CT molecular complexity index is 1560. The monoisotopic (exact) mass is 534 g/mol. The average Bonchev–Trinajstić information content (AvgIpc) is 3.37. The van der Waals surface area contributed by atoms with Crippen molar-refractivity contribution in [3.63, 3.8) is 0 Å². The number of nitrogens with zero attached hydrogens (tertiary/aromatic N) is 2. The molecule has 0 unspecified atom stereocenters. The van der Waals surface area contributed by atoms with Crippen LogP contribution in [0, 0.1) is 6.92 Å². The van der Waals surface area contributed by atoms with Gasteiger partial charge in [0.2, 0.25) is 5.89 Å². The highest BCUT2D eigenvalue weighted by Gasteiger charge is 2.16. The number of carboxylic acid groups (broad SMARTS) is 1. The summed E-state index contributed by atoms with van der Waals surface area (Å²) >= 11 is 0. The Morgan fingerprint density at radius 3 is 2.12 bits per heavy atom. The van der Waals surface area contributed by atoms with E-state index in [1.165, 1.54) is 0 Å². The summed E-state index contributed by atoms with van der Waals surface area (Å²) in [7, 11) is 1.63. The van der Waals surface area contributed by atoms with Crippen LogP contribution in [0.2, 0.25) is 0 Å². The number of carbonyl (C=O) groups is 1. The number of carboxylic acids is 1. The van der Waals surface area contributed by atoms with Crippen LogP contribution in [0.5, 0.6) is 11.5 Å². The van der Waals surface area contributed by atoms with Crippen molar-refractivity contribution in [2.75, 3.05) is 18.6 Å². The van der Waals surface area contributed by atoms with Crippen LogP contribution in [0.1, 0.15) is 27.4 Å². The molecule has 202 valence electrons. The Hall–Kier alpha value is -5.04. The zero-order valence-corrected chi connectivity index (χ0v) is 22.4. The number of aromatic carboxylic acids is 1. The molecule has 1 aromatic heterocycles. The Morgan fingerprint density at radius 2 is 1.48 bits per heavy atom. The standard InChI is InChI=1S/C33H30N2O5/c1-23-31(34-32(40-23)24-8-4-3-5-9-24)20-21-39-29-18-14-27(15-19-29)35(26-12-16-28(38-2)17-13-26)22-25-10-6-7-11-30(25)33(36)37/h3-19H,20-22H2,1-2H3,(H,36,37). The minimum absolute atomic E-state index is 0.277. The number of benzene rings is 4. The molecule has 7 heteroatoms. The predicted molar refractivity (Wildman–Crippen MR) is 155 cm³/mol. The molecule has 1 heterocycles. The first kappa shape index (κ1) is 26.6. The Morgan fingerprint density at radius 1 is 0.850 bits per heavy atom. The molecule has 0 bridgehead atoms. The van der Waals surface area contributed by atoms with Crippen molar-refractivity contribution >= 4 is 17.3 Å². The van der Waals surface area contributed by atoms with E-state index in [9.17, 15) is 9.90 Å². The van der Waals surface area contributed by atoms with E-state index in [0.29, 0.717) is 31.0 Å². The van der Waals surface area contributed by atoms with Gasteiger partial charge in [0.1, 0.15) is 17.3 Å². The normalized spacial score (nSPS) is 10.8. The number of aryl methyl sites for hydroxylation is 1. The first-order chi connectivity index (χ1) is 19.5. The van der Waals surface area contributed by atoms with Gasteiger partial charge in [0.05, 0.1) is 25.0 Å². The van der Waals surface area contributed by atoms with Crippen molar-refractivity contribution < 1.29 is 23.8 Å². The molecule has 0 saturated heterocycles. The van der Waals surface area contributed by atoms with Gasteiger partial charge in [-0.15, -0.1) is 0 Å². The van der Waals surface area contributed by atoms with Crippen molar-refractivity contribution in [1.29, 1.82) is 0 Å². The molecule has 0 spiro atoms. The summed E-state index contributed by atoms with van der Waals surface area (Å²) in [6, 6.07) is 32.3. The van der Waals surface area contributed by atoms with Crippen LogP contribution < -0.4 is 14.4 Å². The van der Waals surface area contributed by atoms with E-state index in [1.54, 1.807) is 19.2 Å². The van der Waals surface area contributed by atoms with Gasteiger partial charge < -0.3 is 23.9 Å². The molecule has 0 aliphatic heterocycles. The Balaban J connectivity index is 1.30. The number of rotatable bonds is 11. The van der Waals surface area contributed by atoms with Crippen molar-refractivity contribution in [1.82, 2.24) is 4.98 Å². The fourth-order valence-electron chi connectivity index (χ4n) is 4.48. The molecule has 0 radical (unpaired) electrons. The van der Waals surface area contributed by atoms with E-state index in [0.717, 1.165) is 39.9 Å². The summed E-state index contributed by atoms with van der Waals surface area (Å²) in [6.07, 6.45) is 0.619. The largest absolute Gasteiger partial charge is 0.497 e. The molecule has 1 N–H and O–H groups in total. The van der Waals surface area contributed by atoms with Gasteiger partial charge in [-0.05, 0) is 79.2 Å². The highest BCUT2D eigenvalue weighted by Crippen LogP contribution is 2.31. The maximum absolute atomic E-state index is 11.8. The molecule has 4 aromatic carbocycles. The van der Waals surface area contributed by atoms with Crippen LogP contribution in [0.4, 0.5) is 11.4 Å². The van der Waals surface area contributed by atoms with Gasteiger partial charge in [-0.25, -0.2) is 9.78 Å². The van der Waals surface area contributed by atoms with Crippen LogP contribution in [-0.2, 0) is 13.0 Å². The van der Waals surface area contributed by atoms with E-state index >= 15 is 0 Å². The lowest BCUT2D eigenvalue weighted by Crippen LogP contribution is -2.18. The molecule has 5 aromatic rings. The Kier molecular flexibility index (Phi) is 8.11. The first-order valence-corrected chi connectivity index (χ1v) is 13.0. The second kappa shape index (κ2) is 12.2. The maximum atomic E-state index is 11.8. The van der Waals surface area contributed by atoms with E-state index in [-0.39, 0.29) is 5.56 Å². The highest BCUT2D eigenvalue weighted by molar-refractivity contribution is 5.89. The van der Waals surface area contributed by atoms with Gasteiger partial charge in [-0.1, -0.05) is 36.4 Å². The Labute approximate surface area is 233 Å². The number of aromatic nitrogens is 1. The second-order valence-electron chi connectivity index (χ2n) is 9.23. The van der Waals surface area contributed by atoms with Crippen molar-refractivity contribution in [3.8, 4) is 23.0 Å². The van der Waals surface area contributed by atoms with Gasteiger partial charge in [0, 0.05) is 29.9 Å². The lowest BCUT2D eigenvalue weighted by molar-refractivity contribution is 0.0695. The van der Waals surface area contributed by atoms with E-state index in [4.69, 9.17) is 13.9 Å². The van der Waals surface area contributed by atoms with Crippen LogP contribution in [0.25, 0.3) is 11.5 Å². The molecule has 7 nitrogen and oxygen atoms in total. The van der Waals surface area contributed by atoms with Gasteiger partial charge in [0.15, 0.2) is 0 Å². The molecular formula is C33H30N2O5. The summed E-state index contributed by atoms with van der Waals surface area (Å²) in [5, 5.41) is 9.70. The third kappa shape index (κ3) is 6.15. The molecule has 5 rings (SSSR count). The second-order valence-corrected chi connectivity index (χ2v) is 9.23. The number of methoxy groups -OCH3 is 1. The van der Waals surface area contributed by atoms with Crippen molar-refractivity contribution in [2.45, 2.75) is 19.9 Å². The summed E-state index contributed by atoms with van der Waals surface area (Å²) < 4.78 is 17.2. The van der Waals surface area contributed by atoms with Crippen molar-refractivity contribution in [3.05, 3.63) is 126 Å². The SMILES string of the molecule is COc1ccc(N(Cc2ccccc2C(=O)O)c2ccc(OCCc3nc(-c4ccccc4)oc3C)cc2)cc1. The highest BCUT2D eigenvalue weighted by atomic mass is 16.5. The number of ether oxygens (including phenoxy) is 2. The lowest BCUT2D eigenvalue weighted by Gasteiger charge is -2.26. The van der Waals surface area contributed by atoms with Crippen LogP contribution in [-0.4, -0.2) is 29.8 Å². The molecule has 0 amide bonds. The number of anilines is 2. The zero-order valence-electron chi connectivity index (χ0n) is 22.4. The summed E-state index contributed by atoms with van der Waals surface area (Å²) in [5.74, 6) is 1.92. The van der Waals surface area contributed by atoms with Crippen LogP contribution in [0.3, 0.4) is 0 Å². The number of hydrogen-bond donors (Lipinski definition) is 1. The molecule has 40 heavy (non-hydrogen) atoms. The lowest BCUT2D eigenvalue weighted by atomic mass is 10.1. The minimum Gasteiger partial charge on any atom is -0.497 e. The van der Waals surface area contributed by atoms with E-state index in [1.807, 2.05) is 97.9 Å². The summed E-state index contributed by atoms with van der Waals surface area (Å²) in [5.41, 5.74) is 4.62. The molecule has 0 aliphatic rings. The third-order valence-corrected chi connectivity index (χ3v) is 6.63. The molecular weight excluding hydrogens is 504 g/mol. The summed E-state index contributed by atoms with van der Waals surface area (Å²) in [4.78, 5) is 18.6. The van der Waals surface area contributed by atoms with Crippen LogP contribution >= 0.6 is 0 Å². The molecule has 0 fully saturated rings. The quantitative estimate of drug-likeness (QED) is 0.190. The van der Waals surface area contributed by atoms with E-state index in [2.05, 4.69) is 9.88 Å². The van der Waals surface area contributed by atoms with Crippen LogP contribution in [0.15, 0.2) is 108 Å².